The molecule has 18 heavy (non-hydrogen) atoms. The third-order valence-electron chi connectivity index (χ3n) is 4.29. The molecular formula is C17H24O. The number of benzene rings is 1. The number of carbonyl (C=O) groups is 1. The number of rotatable bonds is 2. The minimum atomic E-state index is 0.217. The van der Waals surface area contributed by atoms with Gasteiger partial charge in [0.2, 0.25) is 0 Å². The molecule has 0 saturated heterocycles. The first kappa shape index (κ1) is 13.3. The summed E-state index contributed by atoms with van der Waals surface area (Å²) in [6.07, 6.45) is 2.91. The molecule has 0 spiro atoms. The fraction of sp³-hybridized carbons (Fsp3) is 0.588. The number of carbonyl (C=O) groups excluding carboxylic acids is 1. The van der Waals surface area contributed by atoms with Gasteiger partial charge < -0.3 is 0 Å². The van der Waals surface area contributed by atoms with Crippen LogP contribution in [0.4, 0.5) is 0 Å². The smallest absolute Gasteiger partial charge is 0.135 e. The summed E-state index contributed by atoms with van der Waals surface area (Å²) in [6, 6.07) is 8.93. The van der Waals surface area contributed by atoms with E-state index in [-0.39, 0.29) is 11.3 Å². The minimum Gasteiger partial charge on any atom is -0.299 e. The number of hydrogen-bond acceptors (Lipinski definition) is 1. The normalized spacial score (nSPS) is 24.6. The third kappa shape index (κ3) is 2.82. The van der Waals surface area contributed by atoms with E-state index in [1.807, 2.05) is 0 Å². The van der Waals surface area contributed by atoms with Gasteiger partial charge in [0, 0.05) is 12.3 Å². The SMILES string of the molecule is CC1C(=O)CCC1Cc1ccc(C(C)(C)C)cc1. The molecular weight excluding hydrogens is 220 g/mol. The molecule has 1 heteroatoms. The van der Waals surface area contributed by atoms with E-state index in [0.717, 1.165) is 19.3 Å². The highest BCUT2D eigenvalue weighted by Gasteiger charge is 2.30. The van der Waals surface area contributed by atoms with E-state index >= 15 is 0 Å². The van der Waals surface area contributed by atoms with Gasteiger partial charge in [0.1, 0.15) is 5.78 Å². The van der Waals surface area contributed by atoms with Crippen LogP contribution in [0.2, 0.25) is 0 Å². The zero-order valence-electron chi connectivity index (χ0n) is 12.0. The van der Waals surface area contributed by atoms with E-state index in [1.165, 1.54) is 11.1 Å². The van der Waals surface area contributed by atoms with Gasteiger partial charge >= 0.3 is 0 Å². The maximum Gasteiger partial charge on any atom is 0.135 e. The lowest BCUT2D eigenvalue weighted by Gasteiger charge is -2.20. The van der Waals surface area contributed by atoms with Crippen molar-refractivity contribution < 1.29 is 4.79 Å². The van der Waals surface area contributed by atoms with Gasteiger partial charge in [-0.3, -0.25) is 4.79 Å². The zero-order chi connectivity index (χ0) is 13.3. The number of hydrogen-bond donors (Lipinski definition) is 0. The molecule has 98 valence electrons. The molecule has 2 unspecified atom stereocenters. The standard InChI is InChI=1S/C17H24O/c1-12-14(7-10-16(12)18)11-13-5-8-15(9-6-13)17(2,3)4/h5-6,8-9,12,14H,7,10-11H2,1-4H3. The second kappa shape index (κ2) is 4.87. The van der Waals surface area contributed by atoms with Crippen LogP contribution in [0.1, 0.15) is 51.7 Å². The van der Waals surface area contributed by atoms with Gasteiger partial charge in [0.15, 0.2) is 0 Å². The molecule has 0 amide bonds. The highest BCUT2D eigenvalue weighted by atomic mass is 16.1. The predicted molar refractivity (Wildman–Crippen MR) is 75.7 cm³/mol. The van der Waals surface area contributed by atoms with Crippen LogP contribution in [-0.4, -0.2) is 5.78 Å². The van der Waals surface area contributed by atoms with Gasteiger partial charge in [0.05, 0.1) is 0 Å². The first-order valence-corrected chi connectivity index (χ1v) is 7.00. The second-order valence-electron chi connectivity index (χ2n) is 6.70. The van der Waals surface area contributed by atoms with Gasteiger partial charge in [-0.25, -0.2) is 0 Å². The molecule has 1 saturated carbocycles. The van der Waals surface area contributed by atoms with Crippen molar-refractivity contribution in [3.05, 3.63) is 35.4 Å². The average Bonchev–Trinajstić information content (AvgIpc) is 2.61. The van der Waals surface area contributed by atoms with E-state index in [1.54, 1.807) is 0 Å². The molecule has 0 heterocycles. The van der Waals surface area contributed by atoms with E-state index in [2.05, 4.69) is 52.0 Å². The lowest BCUT2D eigenvalue weighted by Crippen LogP contribution is -2.13. The van der Waals surface area contributed by atoms with Crippen molar-refractivity contribution in [3.8, 4) is 0 Å². The quantitative estimate of drug-likeness (QED) is 0.764. The maximum absolute atomic E-state index is 11.6. The van der Waals surface area contributed by atoms with Crippen molar-refractivity contribution in [1.82, 2.24) is 0 Å². The molecule has 0 radical (unpaired) electrons. The van der Waals surface area contributed by atoms with Gasteiger partial charge in [-0.05, 0) is 35.3 Å². The fourth-order valence-electron chi connectivity index (χ4n) is 2.79. The summed E-state index contributed by atoms with van der Waals surface area (Å²) in [5.41, 5.74) is 2.96. The molecule has 0 aromatic heterocycles. The fourth-order valence-corrected chi connectivity index (χ4v) is 2.79. The van der Waals surface area contributed by atoms with Gasteiger partial charge in [-0.1, -0.05) is 52.0 Å². The Kier molecular flexibility index (Phi) is 3.61. The Bertz CT molecular complexity index is 422. The monoisotopic (exact) mass is 244 g/mol. The lowest BCUT2D eigenvalue weighted by atomic mass is 9.85. The molecule has 0 bridgehead atoms. The van der Waals surface area contributed by atoms with Crippen LogP contribution < -0.4 is 0 Å². The van der Waals surface area contributed by atoms with Crippen molar-refractivity contribution in [1.29, 1.82) is 0 Å². The molecule has 0 aliphatic heterocycles. The summed E-state index contributed by atoms with van der Waals surface area (Å²) in [7, 11) is 0. The topological polar surface area (TPSA) is 17.1 Å². The van der Waals surface area contributed by atoms with Crippen molar-refractivity contribution in [3.63, 3.8) is 0 Å². The van der Waals surface area contributed by atoms with E-state index in [9.17, 15) is 4.79 Å². The predicted octanol–water partition coefficient (Wildman–Crippen LogP) is 4.14. The largest absolute Gasteiger partial charge is 0.299 e. The molecule has 1 aromatic carbocycles. The molecule has 1 aromatic rings. The lowest BCUT2D eigenvalue weighted by molar-refractivity contribution is -0.120. The summed E-state index contributed by atoms with van der Waals surface area (Å²) in [5.74, 6) is 1.26. The summed E-state index contributed by atoms with van der Waals surface area (Å²) >= 11 is 0. The molecule has 1 aliphatic rings. The second-order valence-corrected chi connectivity index (χ2v) is 6.70. The Morgan fingerprint density at radius 1 is 1.17 bits per heavy atom. The van der Waals surface area contributed by atoms with Crippen LogP contribution >= 0.6 is 0 Å². The van der Waals surface area contributed by atoms with Crippen LogP contribution in [0.5, 0.6) is 0 Å². The molecule has 1 nitrogen and oxygen atoms in total. The van der Waals surface area contributed by atoms with E-state index in [4.69, 9.17) is 0 Å². The molecule has 0 N–H and O–H groups in total. The van der Waals surface area contributed by atoms with Crippen molar-refractivity contribution in [2.75, 3.05) is 0 Å². The van der Waals surface area contributed by atoms with E-state index < -0.39 is 0 Å². The Balaban J connectivity index is 2.05. The van der Waals surface area contributed by atoms with E-state index in [0.29, 0.717) is 11.7 Å². The molecule has 1 fully saturated rings. The summed E-state index contributed by atoms with van der Waals surface area (Å²) < 4.78 is 0. The zero-order valence-corrected chi connectivity index (χ0v) is 12.0. The summed E-state index contributed by atoms with van der Waals surface area (Å²) in [5, 5.41) is 0. The van der Waals surface area contributed by atoms with Gasteiger partial charge in [-0.2, -0.15) is 0 Å². The average molecular weight is 244 g/mol. The Labute approximate surface area is 111 Å². The number of ketones is 1. The first-order valence-electron chi connectivity index (χ1n) is 7.00. The highest BCUT2D eigenvalue weighted by Crippen LogP contribution is 2.31. The highest BCUT2D eigenvalue weighted by molar-refractivity contribution is 5.83. The van der Waals surface area contributed by atoms with Crippen LogP contribution in [0.15, 0.2) is 24.3 Å². The summed E-state index contributed by atoms with van der Waals surface area (Å²) in [4.78, 5) is 11.6. The maximum atomic E-state index is 11.6. The van der Waals surface area contributed by atoms with Crippen molar-refractivity contribution in [2.24, 2.45) is 11.8 Å². The van der Waals surface area contributed by atoms with Crippen molar-refractivity contribution in [2.45, 2.75) is 52.4 Å². The van der Waals surface area contributed by atoms with Crippen LogP contribution in [0.25, 0.3) is 0 Å². The van der Waals surface area contributed by atoms with Crippen LogP contribution in [0, 0.1) is 11.8 Å². The molecule has 2 rings (SSSR count). The third-order valence-corrected chi connectivity index (χ3v) is 4.29. The Morgan fingerprint density at radius 3 is 2.22 bits per heavy atom. The summed E-state index contributed by atoms with van der Waals surface area (Å²) in [6.45, 7) is 8.79. The Morgan fingerprint density at radius 2 is 1.78 bits per heavy atom. The molecule has 2 atom stereocenters. The van der Waals surface area contributed by atoms with Crippen LogP contribution in [0.3, 0.4) is 0 Å². The number of Topliss-reactive ketones (excluding diaryl/α,β-unsaturated/α-hetero) is 1. The van der Waals surface area contributed by atoms with Gasteiger partial charge in [0.25, 0.3) is 0 Å². The molecule has 1 aliphatic carbocycles. The van der Waals surface area contributed by atoms with Gasteiger partial charge in [-0.15, -0.1) is 0 Å². The Hall–Kier alpha value is -1.11. The minimum absolute atomic E-state index is 0.217. The van der Waals surface area contributed by atoms with Crippen LogP contribution in [-0.2, 0) is 16.6 Å². The van der Waals surface area contributed by atoms with Crippen molar-refractivity contribution >= 4 is 5.78 Å². The first-order chi connectivity index (χ1) is 8.38.